The fourth-order valence-corrected chi connectivity index (χ4v) is 4.56. The summed E-state index contributed by atoms with van der Waals surface area (Å²) < 4.78 is 5.75. The van der Waals surface area contributed by atoms with Gasteiger partial charge in [0, 0.05) is 12.2 Å². The van der Waals surface area contributed by atoms with Crippen LogP contribution >= 0.6 is 11.8 Å². The van der Waals surface area contributed by atoms with E-state index in [4.69, 9.17) is 4.42 Å². The average Bonchev–Trinajstić information content (AvgIpc) is 3.08. The van der Waals surface area contributed by atoms with Gasteiger partial charge < -0.3 is 4.42 Å². The molecule has 144 valence electrons. The lowest BCUT2D eigenvalue weighted by Gasteiger charge is -2.25. The van der Waals surface area contributed by atoms with Gasteiger partial charge >= 0.3 is 0 Å². The lowest BCUT2D eigenvalue weighted by atomic mass is 10.0. The number of carbonyl (C=O) groups excluding carboxylic acids is 1. The molecule has 0 aliphatic carbocycles. The van der Waals surface area contributed by atoms with Crippen LogP contribution in [0, 0.1) is 0 Å². The van der Waals surface area contributed by atoms with Gasteiger partial charge in [-0.3, -0.25) is 9.69 Å². The number of fused-ring (bicyclic) bond motifs is 3. The van der Waals surface area contributed by atoms with Crippen molar-refractivity contribution in [2.75, 3.05) is 10.7 Å². The molecule has 0 unspecified atom stereocenters. The first-order chi connectivity index (χ1) is 14.3. The van der Waals surface area contributed by atoms with Gasteiger partial charge in [0.05, 0.1) is 11.4 Å². The van der Waals surface area contributed by atoms with E-state index in [-0.39, 0.29) is 5.91 Å². The summed E-state index contributed by atoms with van der Waals surface area (Å²) in [6, 6.07) is 24.1. The molecule has 4 aromatic rings. The first-order valence-electron chi connectivity index (χ1n) is 9.77. The summed E-state index contributed by atoms with van der Waals surface area (Å²) in [7, 11) is 0. The Bertz CT molecular complexity index is 1100. The van der Waals surface area contributed by atoms with E-state index in [1.54, 1.807) is 0 Å². The number of hydrogen-bond donors (Lipinski definition) is 0. The number of carbonyl (C=O) groups is 1. The molecule has 0 fully saturated rings. The molecule has 5 heteroatoms. The third kappa shape index (κ3) is 3.54. The van der Waals surface area contributed by atoms with Crippen molar-refractivity contribution in [3.8, 4) is 0 Å². The molecule has 1 amide bonds. The van der Waals surface area contributed by atoms with E-state index in [0.29, 0.717) is 17.4 Å². The van der Waals surface area contributed by atoms with E-state index in [2.05, 4.69) is 17.1 Å². The third-order valence-corrected chi connectivity index (χ3v) is 6.02. The molecular weight excluding hydrogens is 380 g/mol. The highest BCUT2D eigenvalue weighted by atomic mass is 32.2. The Labute approximate surface area is 173 Å². The molecule has 0 N–H and O–H groups in total. The third-order valence-electron chi connectivity index (χ3n) is 5.19. The molecule has 1 aliphatic heterocycles. The van der Waals surface area contributed by atoms with Crippen molar-refractivity contribution in [1.82, 2.24) is 4.98 Å². The maximum Gasteiger partial charge on any atom is 0.256 e. The van der Waals surface area contributed by atoms with Gasteiger partial charge in [-0.1, -0.05) is 60.3 Å². The Morgan fingerprint density at radius 2 is 1.52 bits per heavy atom. The number of amides is 1. The molecule has 2 heterocycles. The molecular formula is C24H20N2O2S. The normalized spacial score (nSPS) is 13.0. The molecule has 3 aromatic carbocycles. The van der Waals surface area contributed by atoms with Crippen molar-refractivity contribution in [2.24, 2.45) is 0 Å². The fraction of sp³-hybridized carbons (Fsp3) is 0.167. The largest absolute Gasteiger partial charge is 0.431 e. The second-order valence-electron chi connectivity index (χ2n) is 7.03. The number of benzene rings is 3. The Morgan fingerprint density at radius 3 is 2.21 bits per heavy atom. The number of para-hydroxylation sites is 4. The quantitative estimate of drug-likeness (QED) is 0.408. The van der Waals surface area contributed by atoms with E-state index >= 15 is 0 Å². The molecule has 0 radical (unpaired) electrons. The van der Waals surface area contributed by atoms with Crippen LogP contribution in [0.2, 0.25) is 0 Å². The lowest BCUT2D eigenvalue weighted by Crippen LogP contribution is -2.27. The van der Waals surface area contributed by atoms with Crippen molar-refractivity contribution in [3.63, 3.8) is 0 Å². The summed E-state index contributed by atoms with van der Waals surface area (Å²) in [5, 5.41) is 0.607. The van der Waals surface area contributed by atoms with Crippen LogP contribution in [0.15, 0.2) is 82.4 Å². The van der Waals surface area contributed by atoms with Gasteiger partial charge in [0.25, 0.3) is 5.22 Å². The molecule has 0 bridgehead atoms. The average molecular weight is 401 g/mol. The van der Waals surface area contributed by atoms with Gasteiger partial charge in [0.2, 0.25) is 5.91 Å². The van der Waals surface area contributed by atoms with E-state index in [9.17, 15) is 4.79 Å². The Balaban J connectivity index is 1.37. The Kier molecular flexibility index (Phi) is 4.82. The van der Waals surface area contributed by atoms with Gasteiger partial charge in [0.1, 0.15) is 5.52 Å². The SMILES string of the molecule is O=C(CCSc1nc2ccccc2o1)N1c2ccccc2CCc2ccccc21. The Morgan fingerprint density at radius 1 is 0.897 bits per heavy atom. The minimum Gasteiger partial charge on any atom is -0.431 e. The van der Waals surface area contributed by atoms with Crippen molar-refractivity contribution < 1.29 is 9.21 Å². The number of nitrogens with zero attached hydrogens (tertiary/aromatic N) is 2. The molecule has 0 saturated heterocycles. The van der Waals surface area contributed by atoms with Crippen LogP contribution in [0.25, 0.3) is 11.1 Å². The standard InChI is InChI=1S/C24H20N2O2S/c27-23(15-16-29-24-25-19-9-3-6-12-22(19)28-24)26-20-10-4-1-7-17(20)13-14-18-8-2-5-11-21(18)26/h1-12H,13-16H2. The highest BCUT2D eigenvalue weighted by Gasteiger charge is 2.25. The van der Waals surface area contributed by atoms with Crippen molar-refractivity contribution in [1.29, 1.82) is 0 Å². The zero-order chi connectivity index (χ0) is 19.6. The predicted molar refractivity (Wildman–Crippen MR) is 117 cm³/mol. The fourth-order valence-electron chi connectivity index (χ4n) is 3.80. The summed E-state index contributed by atoms with van der Waals surface area (Å²) in [6.45, 7) is 0. The molecule has 0 spiro atoms. The number of rotatable bonds is 4. The molecule has 1 aromatic heterocycles. The maximum atomic E-state index is 13.3. The molecule has 4 nitrogen and oxygen atoms in total. The number of thioether (sulfide) groups is 1. The van der Waals surface area contributed by atoms with Gasteiger partial charge in [-0.25, -0.2) is 4.98 Å². The first-order valence-corrected chi connectivity index (χ1v) is 10.8. The summed E-state index contributed by atoms with van der Waals surface area (Å²) in [5.41, 5.74) is 6.03. The number of aromatic nitrogens is 1. The monoisotopic (exact) mass is 400 g/mol. The minimum atomic E-state index is 0.0930. The lowest BCUT2D eigenvalue weighted by molar-refractivity contribution is -0.117. The summed E-state index contributed by atoms with van der Waals surface area (Å²) in [4.78, 5) is 19.7. The highest BCUT2D eigenvalue weighted by molar-refractivity contribution is 7.99. The number of anilines is 2. The summed E-state index contributed by atoms with van der Waals surface area (Å²) in [5.74, 6) is 0.711. The number of oxazole rings is 1. The maximum absolute atomic E-state index is 13.3. The molecule has 29 heavy (non-hydrogen) atoms. The first kappa shape index (κ1) is 18.0. The van der Waals surface area contributed by atoms with Crippen molar-refractivity contribution in [2.45, 2.75) is 24.5 Å². The second kappa shape index (κ2) is 7.76. The van der Waals surface area contributed by atoms with Crippen LogP contribution in [0.3, 0.4) is 0 Å². The summed E-state index contributed by atoms with van der Waals surface area (Å²) in [6.07, 6.45) is 2.29. The van der Waals surface area contributed by atoms with E-state index in [1.807, 2.05) is 65.6 Å². The van der Waals surface area contributed by atoms with Crippen LogP contribution in [-0.4, -0.2) is 16.6 Å². The zero-order valence-corrected chi connectivity index (χ0v) is 16.7. The van der Waals surface area contributed by atoms with Crippen LogP contribution in [-0.2, 0) is 17.6 Å². The Hall–Kier alpha value is -3.05. The van der Waals surface area contributed by atoms with Gasteiger partial charge in [-0.05, 0) is 48.2 Å². The van der Waals surface area contributed by atoms with Gasteiger partial charge in [-0.15, -0.1) is 0 Å². The van der Waals surface area contributed by atoms with E-state index in [1.165, 1.54) is 22.9 Å². The van der Waals surface area contributed by atoms with E-state index < -0.39 is 0 Å². The smallest absolute Gasteiger partial charge is 0.256 e. The number of hydrogen-bond acceptors (Lipinski definition) is 4. The van der Waals surface area contributed by atoms with Crippen molar-refractivity contribution in [3.05, 3.63) is 83.9 Å². The molecule has 1 aliphatic rings. The van der Waals surface area contributed by atoms with Crippen LogP contribution in [0.5, 0.6) is 0 Å². The van der Waals surface area contributed by atoms with Gasteiger partial charge in [-0.2, -0.15) is 0 Å². The molecule has 5 rings (SSSR count). The van der Waals surface area contributed by atoms with Crippen LogP contribution in [0.1, 0.15) is 17.5 Å². The summed E-state index contributed by atoms with van der Waals surface area (Å²) >= 11 is 1.48. The van der Waals surface area contributed by atoms with Gasteiger partial charge in [0.15, 0.2) is 5.58 Å². The number of aryl methyl sites for hydroxylation is 2. The van der Waals surface area contributed by atoms with Crippen LogP contribution < -0.4 is 4.90 Å². The zero-order valence-electron chi connectivity index (χ0n) is 15.9. The topological polar surface area (TPSA) is 46.3 Å². The predicted octanol–water partition coefficient (Wildman–Crippen LogP) is 5.77. The van der Waals surface area contributed by atoms with Crippen molar-refractivity contribution >= 4 is 40.1 Å². The van der Waals surface area contributed by atoms with E-state index in [0.717, 1.165) is 35.3 Å². The molecule has 0 atom stereocenters. The van der Waals surface area contributed by atoms with Crippen LogP contribution in [0.4, 0.5) is 11.4 Å². The minimum absolute atomic E-state index is 0.0930. The second-order valence-corrected chi connectivity index (χ2v) is 8.08. The molecule has 0 saturated carbocycles. The highest BCUT2D eigenvalue weighted by Crippen LogP contribution is 2.36.